The maximum absolute atomic E-state index is 13.5. The van der Waals surface area contributed by atoms with Crippen molar-refractivity contribution in [3.8, 4) is 5.75 Å². The molecular formula is C26H25NO2. The van der Waals surface area contributed by atoms with Crippen molar-refractivity contribution >= 4 is 17.2 Å². The summed E-state index contributed by atoms with van der Waals surface area (Å²) < 4.78 is 5.28. The molecule has 3 aromatic carbocycles. The highest BCUT2D eigenvalue weighted by molar-refractivity contribution is 6.10. The summed E-state index contributed by atoms with van der Waals surface area (Å²) in [6.45, 7) is 4.18. The van der Waals surface area contributed by atoms with E-state index in [2.05, 4.69) is 38.1 Å². The van der Waals surface area contributed by atoms with Crippen molar-refractivity contribution in [3.05, 3.63) is 102 Å². The fourth-order valence-electron chi connectivity index (χ4n) is 4.19. The van der Waals surface area contributed by atoms with E-state index in [-0.39, 0.29) is 17.9 Å². The number of ether oxygens (including phenoxy) is 1. The first-order valence-electron chi connectivity index (χ1n) is 9.86. The number of carbonyl (C=O) groups is 1. The molecule has 1 heterocycles. The number of β-lactam (4-membered cyclic amide) rings is 1. The van der Waals surface area contributed by atoms with Gasteiger partial charge in [-0.05, 0) is 54.8 Å². The highest BCUT2D eigenvalue weighted by atomic mass is 16.5. The monoisotopic (exact) mass is 383 g/mol. The van der Waals surface area contributed by atoms with Gasteiger partial charge in [0.25, 0.3) is 0 Å². The van der Waals surface area contributed by atoms with E-state index >= 15 is 0 Å². The van der Waals surface area contributed by atoms with Crippen molar-refractivity contribution in [1.29, 1.82) is 0 Å². The fourth-order valence-corrected chi connectivity index (χ4v) is 4.19. The van der Waals surface area contributed by atoms with Crippen LogP contribution in [0.25, 0.3) is 5.57 Å². The van der Waals surface area contributed by atoms with E-state index < -0.39 is 0 Å². The van der Waals surface area contributed by atoms with Crippen molar-refractivity contribution in [3.63, 3.8) is 0 Å². The molecule has 1 amide bonds. The molecule has 0 aromatic heterocycles. The molecule has 0 aliphatic carbocycles. The Bertz CT molecular complexity index is 1020. The zero-order valence-electron chi connectivity index (χ0n) is 17.0. The molecule has 1 aliphatic rings. The van der Waals surface area contributed by atoms with Gasteiger partial charge in [0.2, 0.25) is 5.91 Å². The Balaban J connectivity index is 1.79. The topological polar surface area (TPSA) is 29.5 Å². The predicted molar refractivity (Wildman–Crippen MR) is 118 cm³/mol. The number of nitrogens with zero attached hydrogens (tertiary/aromatic N) is 1. The van der Waals surface area contributed by atoms with Gasteiger partial charge in [-0.25, -0.2) is 0 Å². The normalized spacial score (nSPS) is 18.2. The highest BCUT2D eigenvalue weighted by Crippen LogP contribution is 2.50. The summed E-state index contributed by atoms with van der Waals surface area (Å²) >= 11 is 0. The van der Waals surface area contributed by atoms with Crippen molar-refractivity contribution in [1.82, 2.24) is 0 Å². The third kappa shape index (κ3) is 3.44. The number of benzene rings is 3. The van der Waals surface area contributed by atoms with Gasteiger partial charge in [-0.3, -0.25) is 4.79 Å². The molecule has 1 aliphatic heterocycles. The van der Waals surface area contributed by atoms with E-state index in [1.807, 2.05) is 65.6 Å². The second-order valence-electron chi connectivity index (χ2n) is 7.52. The number of carbonyl (C=O) groups excluding carboxylic acids is 1. The molecule has 2 unspecified atom stereocenters. The Morgan fingerprint density at radius 1 is 0.828 bits per heavy atom. The average molecular weight is 383 g/mol. The molecule has 1 fully saturated rings. The van der Waals surface area contributed by atoms with E-state index in [0.29, 0.717) is 0 Å². The summed E-state index contributed by atoms with van der Waals surface area (Å²) in [6, 6.07) is 28.2. The SMILES string of the molecule is COc1ccc(N2C(=O)C(C(=C(C)C)c3ccccc3)C2c2ccccc2)cc1. The van der Waals surface area contributed by atoms with Crippen LogP contribution in [0, 0.1) is 5.92 Å². The second-order valence-corrected chi connectivity index (χ2v) is 7.52. The van der Waals surface area contributed by atoms with Crippen LogP contribution in [0.2, 0.25) is 0 Å². The maximum atomic E-state index is 13.5. The summed E-state index contributed by atoms with van der Waals surface area (Å²) in [7, 11) is 1.65. The van der Waals surface area contributed by atoms with Gasteiger partial charge in [0.1, 0.15) is 5.75 Å². The predicted octanol–water partition coefficient (Wildman–Crippen LogP) is 5.89. The lowest BCUT2D eigenvalue weighted by Crippen LogP contribution is -2.55. The van der Waals surface area contributed by atoms with E-state index in [1.54, 1.807) is 7.11 Å². The first-order chi connectivity index (χ1) is 14.1. The number of amides is 1. The largest absolute Gasteiger partial charge is 0.497 e. The van der Waals surface area contributed by atoms with Gasteiger partial charge in [0.05, 0.1) is 19.1 Å². The number of rotatable bonds is 5. The summed E-state index contributed by atoms with van der Waals surface area (Å²) in [5.41, 5.74) is 5.44. The first kappa shape index (κ1) is 19.0. The highest BCUT2D eigenvalue weighted by Gasteiger charge is 2.50. The van der Waals surface area contributed by atoms with Crippen LogP contribution >= 0.6 is 0 Å². The molecule has 0 N–H and O–H groups in total. The van der Waals surface area contributed by atoms with Crippen LogP contribution in [-0.4, -0.2) is 13.0 Å². The lowest BCUT2D eigenvalue weighted by molar-refractivity contribution is -0.127. The summed E-state index contributed by atoms with van der Waals surface area (Å²) in [5.74, 6) is 0.708. The van der Waals surface area contributed by atoms with E-state index in [4.69, 9.17) is 4.74 Å². The minimum absolute atomic E-state index is 0.0396. The Morgan fingerprint density at radius 3 is 1.97 bits per heavy atom. The lowest BCUT2D eigenvalue weighted by Gasteiger charge is -2.49. The van der Waals surface area contributed by atoms with Crippen LogP contribution in [0.15, 0.2) is 90.5 Å². The zero-order valence-corrected chi connectivity index (χ0v) is 17.0. The van der Waals surface area contributed by atoms with Gasteiger partial charge in [0, 0.05) is 5.69 Å². The number of anilines is 1. The van der Waals surface area contributed by atoms with Crippen LogP contribution in [0.1, 0.15) is 31.0 Å². The second kappa shape index (κ2) is 7.96. The minimum atomic E-state index is -0.202. The molecule has 0 spiro atoms. The standard InChI is InChI=1S/C26H25NO2/c1-18(2)23(19-10-6-4-7-11-19)24-25(20-12-8-5-9-13-20)27(26(24)28)21-14-16-22(29-3)17-15-21/h4-17,24-25H,1-3H3. The lowest BCUT2D eigenvalue weighted by atomic mass is 9.73. The number of hydrogen-bond donors (Lipinski definition) is 0. The zero-order chi connectivity index (χ0) is 20.4. The van der Waals surface area contributed by atoms with Crippen LogP contribution in [0.4, 0.5) is 5.69 Å². The summed E-state index contributed by atoms with van der Waals surface area (Å²) in [6.07, 6.45) is 0. The smallest absolute Gasteiger partial charge is 0.237 e. The summed E-state index contributed by atoms with van der Waals surface area (Å²) in [5, 5.41) is 0. The Morgan fingerprint density at radius 2 is 1.41 bits per heavy atom. The van der Waals surface area contributed by atoms with Gasteiger partial charge in [-0.15, -0.1) is 0 Å². The van der Waals surface area contributed by atoms with Crippen molar-refractivity contribution in [2.24, 2.45) is 5.92 Å². The molecule has 29 heavy (non-hydrogen) atoms. The Labute approximate surface area is 172 Å². The molecule has 0 radical (unpaired) electrons. The molecule has 0 saturated carbocycles. The Kier molecular flexibility index (Phi) is 5.22. The van der Waals surface area contributed by atoms with Gasteiger partial charge >= 0.3 is 0 Å². The number of hydrogen-bond acceptors (Lipinski definition) is 2. The molecule has 4 rings (SSSR count). The number of allylic oxidation sites excluding steroid dienone is 1. The van der Waals surface area contributed by atoms with Crippen molar-refractivity contribution < 1.29 is 9.53 Å². The van der Waals surface area contributed by atoms with E-state index in [1.165, 1.54) is 5.57 Å². The van der Waals surface area contributed by atoms with Crippen LogP contribution in [0.3, 0.4) is 0 Å². The molecule has 146 valence electrons. The van der Waals surface area contributed by atoms with Gasteiger partial charge in [0.15, 0.2) is 0 Å². The van der Waals surface area contributed by atoms with Crippen molar-refractivity contribution in [2.45, 2.75) is 19.9 Å². The fraction of sp³-hybridized carbons (Fsp3) is 0.192. The molecule has 2 atom stereocenters. The Hall–Kier alpha value is -3.33. The van der Waals surface area contributed by atoms with E-state index in [0.717, 1.165) is 28.1 Å². The van der Waals surface area contributed by atoms with E-state index in [9.17, 15) is 4.79 Å². The quantitative estimate of drug-likeness (QED) is 0.514. The molecule has 3 aromatic rings. The number of methoxy groups -OCH3 is 1. The van der Waals surface area contributed by atoms with Crippen LogP contribution in [0.5, 0.6) is 5.75 Å². The summed E-state index contributed by atoms with van der Waals surface area (Å²) in [4.78, 5) is 15.4. The average Bonchev–Trinajstić information content (AvgIpc) is 2.76. The first-order valence-corrected chi connectivity index (χ1v) is 9.86. The molecule has 3 heteroatoms. The maximum Gasteiger partial charge on any atom is 0.237 e. The molecule has 0 bridgehead atoms. The third-order valence-electron chi connectivity index (χ3n) is 5.52. The minimum Gasteiger partial charge on any atom is -0.497 e. The third-order valence-corrected chi connectivity index (χ3v) is 5.52. The van der Waals surface area contributed by atoms with Gasteiger partial charge in [-0.2, -0.15) is 0 Å². The van der Waals surface area contributed by atoms with Crippen LogP contribution < -0.4 is 9.64 Å². The van der Waals surface area contributed by atoms with Crippen LogP contribution in [-0.2, 0) is 4.79 Å². The van der Waals surface area contributed by atoms with Gasteiger partial charge in [-0.1, -0.05) is 66.2 Å². The van der Waals surface area contributed by atoms with Crippen molar-refractivity contribution in [2.75, 3.05) is 12.0 Å². The molecule has 3 nitrogen and oxygen atoms in total. The molecule has 1 saturated heterocycles. The molecular weight excluding hydrogens is 358 g/mol. The van der Waals surface area contributed by atoms with Gasteiger partial charge < -0.3 is 9.64 Å².